The van der Waals surface area contributed by atoms with Crippen molar-refractivity contribution in [2.75, 3.05) is 0 Å². The summed E-state index contributed by atoms with van der Waals surface area (Å²) in [5.74, 6) is 1.62. The van der Waals surface area contributed by atoms with Crippen LogP contribution in [0.3, 0.4) is 0 Å². The van der Waals surface area contributed by atoms with E-state index in [-0.39, 0.29) is 0 Å². The molecule has 0 fully saturated rings. The van der Waals surface area contributed by atoms with Gasteiger partial charge in [0.05, 0.1) is 4.47 Å². The standard InChI is InChI=1S/C13H12BrNO/c14-12-3-1-2-4-13(12)16-11-7-5-10(9-15)6-8-11/h1-8H,9,15H2. The number of halogens is 1. The molecule has 0 aromatic heterocycles. The molecule has 0 amide bonds. The first kappa shape index (κ1) is 11.2. The van der Waals surface area contributed by atoms with Crippen LogP contribution in [0.1, 0.15) is 5.56 Å². The van der Waals surface area contributed by atoms with Crippen molar-refractivity contribution >= 4 is 15.9 Å². The van der Waals surface area contributed by atoms with E-state index in [1.165, 1.54) is 0 Å². The third kappa shape index (κ3) is 2.62. The minimum absolute atomic E-state index is 0.551. The second kappa shape index (κ2) is 5.14. The molecule has 16 heavy (non-hydrogen) atoms. The molecule has 0 unspecified atom stereocenters. The quantitative estimate of drug-likeness (QED) is 0.929. The lowest BCUT2D eigenvalue weighted by molar-refractivity contribution is 0.479. The predicted molar refractivity (Wildman–Crippen MR) is 68.5 cm³/mol. The van der Waals surface area contributed by atoms with Crippen LogP contribution in [0.25, 0.3) is 0 Å². The second-order valence-electron chi connectivity index (χ2n) is 3.38. The molecule has 0 aliphatic carbocycles. The van der Waals surface area contributed by atoms with E-state index in [2.05, 4.69) is 15.9 Å². The van der Waals surface area contributed by atoms with Gasteiger partial charge in [0.2, 0.25) is 0 Å². The molecule has 0 saturated carbocycles. The summed E-state index contributed by atoms with van der Waals surface area (Å²) in [6, 6.07) is 15.5. The van der Waals surface area contributed by atoms with Crippen LogP contribution in [-0.2, 0) is 6.54 Å². The molecule has 82 valence electrons. The lowest BCUT2D eigenvalue weighted by Gasteiger charge is -2.07. The third-order valence-electron chi connectivity index (χ3n) is 2.22. The van der Waals surface area contributed by atoms with Crippen LogP contribution < -0.4 is 10.5 Å². The van der Waals surface area contributed by atoms with Gasteiger partial charge in [-0.15, -0.1) is 0 Å². The highest BCUT2D eigenvalue weighted by atomic mass is 79.9. The average Bonchev–Trinajstić information content (AvgIpc) is 2.33. The van der Waals surface area contributed by atoms with E-state index in [1.54, 1.807) is 0 Å². The van der Waals surface area contributed by atoms with E-state index in [1.807, 2.05) is 48.5 Å². The molecular weight excluding hydrogens is 266 g/mol. The van der Waals surface area contributed by atoms with E-state index >= 15 is 0 Å². The highest BCUT2D eigenvalue weighted by molar-refractivity contribution is 9.10. The number of ether oxygens (including phenoxy) is 1. The van der Waals surface area contributed by atoms with Gasteiger partial charge in [-0.25, -0.2) is 0 Å². The lowest BCUT2D eigenvalue weighted by atomic mass is 10.2. The highest BCUT2D eigenvalue weighted by Gasteiger charge is 2.00. The maximum Gasteiger partial charge on any atom is 0.141 e. The van der Waals surface area contributed by atoms with Crippen LogP contribution in [0.5, 0.6) is 11.5 Å². The van der Waals surface area contributed by atoms with Crippen molar-refractivity contribution in [2.45, 2.75) is 6.54 Å². The average molecular weight is 278 g/mol. The summed E-state index contributed by atoms with van der Waals surface area (Å²) in [5, 5.41) is 0. The van der Waals surface area contributed by atoms with E-state index in [9.17, 15) is 0 Å². The molecule has 2 rings (SSSR count). The summed E-state index contributed by atoms with van der Waals surface area (Å²) in [7, 11) is 0. The summed E-state index contributed by atoms with van der Waals surface area (Å²) in [4.78, 5) is 0. The molecule has 2 aromatic rings. The van der Waals surface area contributed by atoms with Gasteiger partial charge in [0, 0.05) is 6.54 Å². The van der Waals surface area contributed by atoms with Crippen LogP contribution >= 0.6 is 15.9 Å². The Morgan fingerprint density at radius 1 is 1.00 bits per heavy atom. The van der Waals surface area contributed by atoms with Gasteiger partial charge in [0.1, 0.15) is 11.5 Å². The number of hydrogen-bond donors (Lipinski definition) is 1. The van der Waals surface area contributed by atoms with Crippen LogP contribution in [0.4, 0.5) is 0 Å². The molecule has 3 heteroatoms. The first-order chi connectivity index (χ1) is 7.79. The monoisotopic (exact) mass is 277 g/mol. The molecule has 2 nitrogen and oxygen atoms in total. The summed E-state index contributed by atoms with van der Waals surface area (Å²) in [6.45, 7) is 0.551. The fourth-order valence-corrected chi connectivity index (χ4v) is 1.71. The van der Waals surface area contributed by atoms with Gasteiger partial charge in [-0.05, 0) is 45.8 Å². The fourth-order valence-electron chi connectivity index (χ4n) is 1.35. The van der Waals surface area contributed by atoms with Crippen molar-refractivity contribution in [3.8, 4) is 11.5 Å². The number of nitrogens with two attached hydrogens (primary N) is 1. The van der Waals surface area contributed by atoms with Crippen LogP contribution in [0.15, 0.2) is 53.0 Å². The van der Waals surface area contributed by atoms with E-state index in [0.717, 1.165) is 21.5 Å². The molecule has 0 aliphatic rings. The Hall–Kier alpha value is -1.32. The van der Waals surface area contributed by atoms with Crippen LogP contribution in [0.2, 0.25) is 0 Å². The number of hydrogen-bond acceptors (Lipinski definition) is 2. The number of para-hydroxylation sites is 1. The zero-order chi connectivity index (χ0) is 11.4. The Kier molecular flexibility index (Phi) is 3.59. The van der Waals surface area contributed by atoms with Gasteiger partial charge in [-0.1, -0.05) is 24.3 Å². The summed E-state index contributed by atoms with van der Waals surface area (Å²) in [6.07, 6.45) is 0. The van der Waals surface area contributed by atoms with Crippen molar-refractivity contribution in [3.63, 3.8) is 0 Å². The Bertz CT molecular complexity index is 468. The Morgan fingerprint density at radius 2 is 1.69 bits per heavy atom. The molecule has 0 radical (unpaired) electrons. The fraction of sp³-hybridized carbons (Fsp3) is 0.0769. The molecule has 0 atom stereocenters. The van der Waals surface area contributed by atoms with E-state index in [4.69, 9.17) is 10.5 Å². The Morgan fingerprint density at radius 3 is 2.31 bits per heavy atom. The number of benzene rings is 2. The van der Waals surface area contributed by atoms with Crippen LogP contribution in [0, 0.1) is 0 Å². The third-order valence-corrected chi connectivity index (χ3v) is 2.88. The SMILES string of the molecule is NCc1ccc(Oc2ccccc2Br)cc1. The van der Waals surface area contributed by atoms with E-state index < -0.39 is 0 Å². The minimum Gasteiger partial charge on any atom is -0.456 e. The Balaban J connectivity index is 2.18. The van der Waals surface area contributed by atoms with Crippen molar-refractivity contribution in [1.29, 1.82) is 0 Å². The van der Waals surface area contributed by atoms with Gasteiger partial charge < -0.3 is 10.5 Å². The van der Waals surface area contributed by atoms with Crippen molar-refractivity contribution in [2.24, 2.45) is 5.73 Å². The zero-order valence-electron chi connectivity index (χ0n) is 8.69. The van der Waals surface area contributed by atoms with Gasteiger partial charge in [0.15, 0.2) is 0 Å². The van der Waals surface area contributed by atoms with Gasteiger partial charge in [0.25, 0.3) is 0 Å². The molecule has 0 spiro atoms. The molecule has 0 aliphatic heterocycles. The lowest BCUT2D eigenvalue weighted by Crippen LogP contribution is -1.95. The maximum absolute atomic E-state index is 5.72. The van der Waals surface area contributed by atoms with Crippen LogP contribution in [-0.4, -0.2) is 0 Å². The largest absolute Gasteiger partial charge is 0.456 e. The van der Waals surface area contributed by atoms with Gasteiger partial charge in [-0.2, -0.15) is 0 Å². The van der Waals surface area contributed by atoms with Gasteiger partial charge >= 0.3 is 0 Å². The first-order valence-corrected chi connectivity index (χ1v) is 5.80. The summed E-state index contributed by atoms with van der Waals surface area (Å²) >= 11 is 3.44. The normalized spacial score (nSPS) is 10.1. The summed E-state index contributed by atoms with van der Waals surface area (Å²) < 4.78 is 6.66. The summed E-state index contributed by atoms with van der Waals surface area (Å²) in [5.41, 5.74) is 6.63. The maximum atomic E-state index is 5.72. The Labute approximate surface area is 103 Å². The highest BCUT2D eigenvalue weighted by Crippen LogP contribution is 2.29. The molecule has 2 N–H and O–H groups in total. The molecule has 0 bridgehead atoms. The zero-order valence-corrected chi connectivity index (χ0v) is 10.3. The first-order valence-electron chi connectivity index (χ1n) is 5.01. The molecule has 0 heterocycles. The van der Waals surface area contributed by atoms with E-state index in [0.29, 0.717) is 6.54 Å². The predicted octanol–water partition coefficient (Wildman–Crippen LogP) is 3.70. The smallest absolute Gasteiger partial charge is 0.141 e. The topological polar surface area (TPSA) is 35.2 Å². The molecule has 2 aromatic carbocycles. The molecular formula is C13H12BrNO. The molecule has 0 saturated heterocycles. The van der Waals surface area contributed by atoms with Crippen molar-refractivity contribution in [3.05, 3.63) is 58.6 Å². The second-order valence-corrected chi connectivity index (χ2v) is 4.23. The van der Waals surface area contributed by atoms with Gasteiger partial charge in [-0.3, -0.25) is 0 Å². The van der Waals surface area contributed by atoms with Crippen molar-refractivity contribution in [1.82, 2.24) is 0 Å². The number of rotatable bonds is 3. The van der Waals surface area contributed by atoms with Crippen molar-refractivity contribution < 1.29 is 4.74 Å². The minimum atomic E-state index is 0.551.